The van der Waals surface area contributed by atoms with Gasteiger partial charge in [0.25, 0.3) is 5.91 Å². The number of para-hydroxylation sites is 1. The molecule has 1 aromatic carbocycles. The van der Waals surface area contributed by atoms with Crippen LogP contribution in [0.4, 0.5) is 0 Å². The molecule has 1 aliphatic heterocycles. The summed E-state index contributed by atoms with van der Waals surface area (Å²) in [6.07, 6.45) is 5.93. The van der Waals surface area contributed by atoms with Crippen LogP contribution in [0, 0.1) is 0 Å². The lowest BCUT2D eigenvalue weighted by atomic mass is 10.1. The Bertz CT molecular complexity index is 649. The summed E-state index contributed by atoms with van der Waals surface area (Å²) < 4.78 is 7.42. The first-order chi connectivity index (χ1) is 11.8. The van der Waals surface area contributed by atoms with E-state index in [1.54, 1.807) is 17.1 Å². The van der Waals surface area contributed by atoms with Gasteiger partial charge in [0.2, 0.25) is 0 Å². The van der Waals surface area contributed by atoms with E-state index in [9.17, 15) is 4.79 Å². The number of ether oxygens (including phenoxy) is 1. The van der Waals surface area contributed by atoms with Crippen molar-refractivity contribution < 1.29 is 14.6 Å². The zero-order valence-corrected chi connectivity index (χ0v) is 13.7. The van der Waals surface area contributed by atoms with Gasteiger partial charge in [-0.3, -0.25) is 4.79 Å². The number of aliphatic hydroxyl groups excluding tert-OH is 1. The second kappa shape index (κ2) is 8.08. The van der Waals surface area contributed by atoms with Gasteiger partial charge >= 0.3 is 0 Å². The van der Waals surface area contributed by atoms with Gasteiger partial charge in [0.1, 0.15) is 0 Å². The van der Waals surface area contributed by atoms with Crippen LogP contribution >= 0.6 is 0 Å². The average molecular weight is 329 g/mol. The molecule has 0 unspecified atom stereocenters. The minimum Gasteiger partial charge on any atom is -0.396 e. The third-order valence-corrected chi connectivity index (χ3v) is 4.24. The molecule has 1 fully saturated rings. The number of benzene rings is 1. The number of carbonyl (C=O) groups excluding carboxylic acids is 1. The molecule has 0 radical (unpaired) electrons. The van der Waals surface area contributed by atoms with E-state index in [1.807, 2.05) is 35.2 Å². The molecule has 128 valence electrons. The summed E-state index contributed by atoms with van der Waals surface area (Å²) in [5.41, 5.74) is 1.55. The highest BCUT2D eigenvalue weighted by molar-refractivity contribution is 5.93. The van der Waals surface area contributed by atoms with Crippen LogP contribution in [-0.4, -0.2) is 58.1 Å². The predicted octanol–water partition coefficient (Wildman–Crippen LogP) is 1.88. The molecule has 6 nitrogen and oxygen atoms in total. The number of hydrogen-bond donors (Lipinski definition) is 1. The number of aliphatic hydroxyl groups is 1. The number of aromatic nitrogens is 2. The predicted molar refractivity (Wildman–Crippen MR) is 90.1 cm³/mol. The maximum absolute atomic E-state index is 12.6. The fraction of sp³-hybridized carbons (Fsp3) is 0.444. The second-order valence-corrected chi connectivity index (χ2v) is 5.95. The van der Waals surface area contributed by atoms with Gasteiger partial charge in [-0.1, -0.05) is 18.2 Å². The fourth-order valence-corrected chi connectivity index (χ4v) is 2.88. The molecular weight excluding hydrogens is 306 g/mol. The molecule has 1 aromatic heterocycles. The molecule has 1 aliphatic rings. The molecule has 3 rings (SSSR count). The van der Waals surface area contributed by atoms with Gasteiger partial charge in [-0.05, 0) is 31.4 Å². The Labute approximate surface area is 141 Å². The van der Waals surface area contributed by atoms with Crippen LogP contribution in [0.15, 0.2) is 42.7 Å². The van der Waals surface area contributed by atoms with E-state index in [-0.39, 0.29) is 18.6 Å². The Hall–Kier alpha value is -2.18. The van der Waals surface area contributed by atoms with Gasteiger partial charge in [0, 0.05) is 32.5 Å². The van der Waals surface area contributed by atoms with Crippen LogP contribution < -0.4 is 0 Å². The van der Waals surface area contributed by atoms with E-state index in [1.165, 1.54) is 0 Å². The highest BCUT2D eigenvalue weighted by atomic mass is 16.5. The molecular formula is C18H23N3O3. The number of piperidine rings is 1. The highest BCUT2D eigenvalue weighted by Crippen LogP contribution is 2.17. The second-order valence-electron chi connectivity index (χ2n) is 5.95. The molecule has 1 amide bonds. The van der Waals surface area contributed by atoms with Crippen molar-refractivity contribution in [2.45, 2.75) is 25.4 Å². The van der Waals surface area contributed by atoms with Crippen molar-refractivity contribution in [3.63, 3.8) is 0 Å². The Morgan fingerprint density at radius 2 is 2.00 bits per heavy atom. The van der Waals surface area contributed by atoms with Crippen molar-refractivity contribution in [3.05, 3.63) is 48.3 Å². The fourth-order valence-electron chi connectivity index (χ4n) is 2.88. The summed E-state index contributed by atoms with van der Waals surface area (Å²) in [6, 6.07) is 9.75. The lowest BCUT2D eigenvalue weighted by Crippen LogP contribution is -2.40. The van der Waals surface area contributed by atoms with E-state index in [2.05, 4.69) is 5.10 Å². The SMILES string of the molecule is O=C(c1cnn(-c2ccccc2)c1)N1CCC(OCCCO)CC1. The van der Waals surface area contributed by atoms with E-state index in [0.29, 0.717) is 31.7 Å². The summed E-state index contributed by atoms with van der Waals surface area (Å²) in [7, 11) is 0. The Kier molecular flexibility index (Phi) is 5.61. The van der Waals surface area contributed by atoms with Crippen molar-refractivity contribution >= 4 is 5.91 Å². The standard InChI is InChI=1S/C18H23N3O3/c22-11-4-12-24-17-7-9-20(10-8-17)18(23)15-13-19-21(14-15)16-5-2-1-3-6-16/h1-3,5-6,13-14,17,22H,4,7-12H2. The number of likely N-dealkylation sites (tertiary alicyclic amines) is 1. The van der Waals surface area contributed by atoms with Crippen LogP contribution in [-0.2, 0) is 4.74 Å². The van der Waals surface area contributed by atoms with Crippen LogP contribution in [0.3, 0.4) is 0 Å². The first-order valence-corrected chi connectivity index (χ1v) is 8.40. The van der Waals surface area contributed by atoms with Crippen molar-refractivity contribution in [2.75, 3.05) is 26.3 Å². The number of rotatable bonds is 6. The minimum absolute atomic E-state index is 0.0194. The van der Waals surface area contributed by atoms with Crippen molar-refractivity contribution in [3.8, 4) is 5.69 Å². The van der Waals surface area contributed by atoms with Crippen molar-refractivity contribution in [2.24, 2.45) is 0 Å². The minimum atomic E-state index is 0.0194. The summed E-state index contributed by atoms with van der Waals surface area (Å²) in [5, 5.41) is 13.1. The summed E-state index contributed by atoms with van der Waals surface area (Å²) in [4.78, 5) is 14.5. The first-order valence-electron chi connectivity index (χ1n) is 8.40. The first kappa shape index (κ1) is 16.7. The number of amides is 1. The molecule has 1 saturated heterocycles. The Balaban J connectivity index is 1.55. The van der Waals surface area contributed by atoms with Crippen LogP contribution in [0.2, 0.25) is 0 Å². The van der Waals surface area contributed by atoms with E-state index in [4.69, 9.17) is 9.84 Å². The monoisotopic (exact) mass is 329 g/mol. The molecule has 0 aliphatic carbocycles. The van der Waals surface area contributed by atoms with Crippen molar-refractivity contribution in [1.29, 1.82) is 0 Å². The maximum Gasteiger partial charge on any atom is 0.257 e. The molecule has 1 N–H and O–H groups in total. The van der Waals surface area contributed by atoms with Gasteiger partial charge in [-0.15, -0.1) is 0 Å². The quantitative estimate of drug-likeness (QED) is 0.822. The van der Waals surface area contributed by atoms with Gasteiger partial charge in [-0.2, -0.15) is 5.10 Å². The summed E-state index contributed by atoms with van der Waals surface area (Å²) in [5.74, 6) is 0.0194. The molecule has 0 atom stereocenters. The summed E-state index contributed by atoms with van der Waals surface area (Å²) in [6.45, 7) is 2.12. The Morgan fingerprint density at radius 3 is 2.71 bits per heavy atom. The van der Waals surface area contributed by atoms with E-state index in [0.717, 1.165) is 18.5 Å². The molecule has 0 spiro atoms. The highest BCUT2D eigenvalue weighted by Gasteiger charge is 2.24. The molecule has 6 heteroatoms. The van der Waals surface area contributed by atoms with E-state index >= 15 is 0 Å². The van der Waals surface area contributed by atoms with Crippen LogP contribution in [0.5, 0.6) is 0 Å². The normalized spacial score (nSPS) is 15.6. The zero-order chi connectivity index (χ0) is 16.8. The van der Waals surface area contributed by atoms with Gasteiger partial charge in [0.05, 0.1) is 23.6 Å². The molecule has 2 heterocycles. The molecule has 24 heavy (non-hydrogen) atoms. The average Bonchev–Trinajstić information content (AvgIpc) is 3.13. The smallest absolute Gasteiger partial charge is 0.257 e. The molecule has 2 aromatic rings. The van der Waals surface area contributed by atoms with Crippen LogP contribution in [0.25, 0.3) is 5.69 Å². The third-order valence-electron chi connectivity index (χ3n) is 4.24. The van der Waals surface area contributed by atoms with Gasteiger partial charge in [0.15, 0.2) is 0 Å². The number of carbonyl (C=O) groups is 1. The lowest BCUT2D eigenvalue weighted by molar-refractivity contribution is 0.00397. The largest absolute Gasteiger partial charge is 0.396 e. The summed E-state index contributed by atoms with van der Waals surface area (Å²) >= 11 is 0. The van der Waals surface area contributed by atoms with Gasteiger partial charge < -0.3 is 14.7 Å². The lowest BCUT2D eigenvalue weighted by Gasteiger charge is -2.31. The van der Waals surface area contributed by atoms with Gasteiger partial charge in [-0.25, -0.2) is 4.68 Å². The Morgan fingerprint density at radius 1 is 1.25 bits per heavy atom. The molecule has 0 saturated carbocycles. The third kappa shape index (κ3) is 4.01. The number of hydrogen-bond acceptors (Lipinski definition) is 4. The topological polar surface area (TPSA) is 67.6 Å². The van der Waals surface area contributed by atoms with E-state index < -0.39 is 0 Å². The van der Waals surface area contributed by atoms with Crippen LogP contribution in [0.1, 0.15) is 29.6 Å². The maximum atomic E-state index is 12.6. The number of nitrogens with zero attached hydrogens (tertiary/aromatic N) is 3. The zero-order valence-electron chi connectivity index (χ0n) is 13.7. The van der Waals surface area contributed by atoms with Crippen molar-refractivity contribution in [1.82, 2.24) is 14.7 Å². The molecule has 0 bridgehead atoms.